The molecule has 3 atom stereocenters. The van der Waals surface area contributed by atoms with Crippen molar-refractivity contribution >= 4 is 20.9 Å². The highest BCUT2D eigenvalue weighted by Crippen LogP contribution is 2.08. The molecule has 0 aliphatic heterocycles. The van der Waals surface area contributed by atoms with Crippen LogP contribution in [0.2, 0.25) is 0 Å². The second kappa shape index (κ2) is 7.70. The summed E-state index contributed by atoms with van der Waals surface area (Å²) in [6, 6.07) is 0. The maximum absolute atomic E-state index is 10.5. The Morgan fingerprint density at radius 1 is 1.12 bits per heavy atom. The summed E-state index contributed by atoms with van der Waals surface area (Å²) in [6.45, 7) is -0.855. The van der Waals surface area contributed by atoms with E-state index in [1.807, 2.05) is 0 Å². The summed E-state index contributed by atoms with van der Waals surface area (Å²) >= 11 is 0. The minimum Gasteiger partial charge on any atom is -0.402 e. The third kappa shape index (κ3) is 5.53. The fourth-order valence-corrected chi connectivity index (χ4v) is 0.959. The molecule has 0 rings (SSSR count). The van der Waals surface area contributed by atoms with Crippen LogP contribution in [0.4, 0.5) is 0 Å². The normalized spacial score (nSPS) is 16.4. The molecule has 9 nitrogen and oxygen atoms in total. The van der Waals surface area contributed by atoms with E-state index in [1.165, 1.54) is 0 Å². The van der Waals surface area contributed by atoms with E-state index in [0.717, 1.165) is 0 Å². The van der Waals surface area contributed by atoms with E-state index in [9.17, 15) is 9.90 Å². The molecular weight excluding hydrogens is 226 g/mol. The first-order valence-corrected chi connectivity index (χ1v) is 4.19. The van der Waals surface area contributed by atoms with Gasteiger partial charge in [0.15, 0.2) is 0 Å². The fourth-order valence-electron chi connectivity index (χ4n) is 0.959. The van der Waals surface area contributed by atoms with Crippen LogP contribution in [0.5, 0.6) is 0 Å². The zero-order chi connectivity index (χ0) is 12.7. The molecule has 0 aliphatic rings. The number of rotatable bonds is 8. The molecule has 92 valence electrons. The van der Waals surface area contributed by atoms with Crippen LogP contribution in [0.25, 0.3) is 0 Å². The first kappa shape index (κ1) is 15.5. The number of hydrogen-bond donors (Lipinski definition) is 6. The van der Waals surface area contributed by atoms with Gasteiger partial charge in [0.05, 0.1) is 6.61 Å². The molecule has 0 fully saturated rings. The highest BCUT2D eigenvalue weighted by molar-refractivity contribution is 6.33. The highest BCUT2D eigenvalue weighted by atomic mass is 16.7. The fraction of sp³-hybridized carbons (Fsp3) is 0.800. The number of aliphatic hydroxyl groups is 2. The first-order valence-electron chi connectivity index (χ1n) is 4.19. The van der Waals surface area contributed by atoms with Crippen molar-refractivity contribution in [3.8, 4) is 0 Å². The van der Waals surface area contributed by atoms with Gasteiger partial charge in [0.2, 0.25) is 0 Å². The van der Waals surface area contributed by atoms with Crippen LogP contribution in [0, 0.1) is 0 Å². The van der Waals surface area contributed by atoms with Crippen LogP contribution in [-0.2, 0) is 14.1 Å². The van der Waals surface area contributed by atoms with Gasteiger partial charge in [-0.25, -0.2) is 0 Å². The van der Waals surface area contributed by atoms with Gasteiger partial charge in [0.25, 0.3) is 0 Å². The molecule has 0 amide bonds. The molecule has 0 spiro atoms. The van der Waals surface area contributed by atoms with Gasteiger partial charge >= 0.3 is 14.6 Å². The predicted octanol–water partition coefficient (Wildman–Crippen LogP) is -4.75. The van der Waals surface area contributed by atoms with Crippen LogP contribution >= 0.6 is 0 Å². The second-order valence-corrected chi connectivity index (χ2v) is 2.74. The second-order valence-electron chi connectivity index (χ2n) is 2.74. The van der Waals surface area contributed by atoms with Crippen molar-refractivity contribution in [2.24, 2.45) is 0 Å². The van der Waals surface area contributed by atoms with Gasteiger partial charge in [-0.1, -0.05) is 0 Å². The Labute approximate surface area is 91.2 Å². The standard InChI is InChI=1S/C5H12B2O9/c8-1-3(10)5(16-7(13)14)4(2-9)15-6(11)12/h2-5,8,10-14H,1H2/t3-,4+,5-/m1/s1. The maximum Gasteiger partial charge on any atom is 0.634 e. The summed E-state index contributed by atoms with van der Waals surface area (Å²) in [7, 11) is -4.64. The molecule has 0 saturated carbocycles. The van der Waals surface area contributed by atoms with E-state index < -0.39 is 39.6 Å². The summed E-state index contributed by atoms with van der Waals surface area (Å²) in [6.07, 6.45) is -4.98. The molecule has 0 unspecified atom stereocenters. The predicted molar refractivity (Wildman–Crippen MR) is 49.3 cm³/mol. The Morgan fingerprint density at radius 2 is 1.62 bits per heavy atom. The van der Waals surface area contributed by atoms with E-state index in [-0.39, 0.29) is 6.29 Å². The molecule has 0 heterocycles. The van der Waals surface area contributed by atoms with Gasteiger partial charge in [0.1, 0.15) is 24.6 Å². The lowest BCUT2D eigenvalue weighted by Crippen LogP contribution is -2.49. The van der Waals surface area contributed by atoms with Crippen LogP contribution in [0.1, 0.15) is 0 Å². The van der Waals surface area contributed by atoms with Gasteiger partial charge < -0.3 is 44.4 Å². The minimum absolute atomic E-state index is 0.0470. The number of aldehydes is 1. The molecule has 0 aromatic heterocycles. The molecule has 11 heteroatoms. The molecule has 0 bridgehead atoms. The van der Waals surface area contributed by atoms with E-state index in [0.29, 0.717) is 0 Å². The quantitative estimate of drug-likeness (QED) is 0.180. The Bertz CT molecular complexity index is 200. The monoisotopic (exact) mass is 238 g/mol. The van der Waals surface area contributed by atoms with Crippen molar-refractivity contribution in [1.29, 1.82) is 0 Å². The highest BCUT2D eigenvalue weighted by Gasteiger charge is 2.35. The Kier molecular flexibility index (Phi) is 7.45. The summed E-state index contributed by atoms with van der Waals surface area (Å²) in [5.74, 6) is 0. The minimum atomic E-state index is -2.33. The lowest BCUT2D eigenvalue weighted by Gasteiger charge is -2.26. The van der Waals surface area contributed by atoms with Crippen molar-refractivity contribution in [1.82, 2.24) is 0 Å². The lowest BCUT2D eigenvalue weighted by atomic mass is 10.1. The molecule has 16 heavy (non-hydrogen) atoms. The van der Waals surface area contributed by atoms with Crippen LogP contribution < -0.4 is 0 Å². The lowest BCUT2D eigenvalue weighted by molar-refractivity contribution is -0.128. The van der Waals surface area contributed by atoms with Crippen molar-refractivity contribution < 1.29 is 44.4 Å². The molecule has 0 aromatic rings. The molecule has 0 saturated heterocycles. The largest absolute Gasteiger partial charge is 0.634 e. The van der Waals surface area contributed by atoms with Gasteiger partial charge in [-0.15, -0.1) is 0 Å². The van der Waals surface area contributed by atoms with Gasteiger partial charge in [-0.3, -0.25) is 0 Å². The SMILES string of the molecule is O=C[C@H](OB(O)O)[C@H](OB(O)O)[C@H](O)CO. The Balaban J connectivity index is 4.61. The molecule has 0 aromatic carbocycles. The third-order valence-corrected chi connectivity index (χ3v) is 1.58. The Hall–Kier alpha value is -0.520. The number of hydrogen-bond acceptors (Lipinski definition) is 9. The Morgan fingerprint density at radius 3 is 1.94 bits per heavy atom. The average molecular weight is 238 g/mol. The summed E-state index contributed by atoms with van der Waals surface area (Å²) in [4.78, 5) is 10.5. The van der Waals surface area contributed by atoms with Crippen molar-refractivity contribution in [2.45, 2.75) is 18.3 Å². The number of carbonyl (C=O) groups is 1. The van der Waals surface area contributed by atoms with Crippen molar-refractivity contribution in [2.75, 3.05) is 6.61 Å². The van der Waals surface area contributed by atoms with Crippen LogP contribution in [0.3, 0.4) is 0 Å². The van der Waals surface area contributed by atoms with E-state index in [1.54, 1.807) is 0 Å². The van der Waals surface area contributed by atoms with E-state index >= 15 is 0 Å². The van der Waals surface area contributed by atoms with Crippen molar-refractivity contribution in [3.05, 3.63) is 0 Å². The maximum atomic E-state index is 10.5. The third-order valence-electron chi connectivity index (χ3n) is 1.58. The van der Waals surface area contributed by atoms with Gasteiger partial charge in [-0.2, -0.15) is 0 Å². The molecule has 0 aliphatic carbocycles. The number of carbonyl (C=O) groups excluding carboxylic acids is 1. The zero-order valence-corrected chi connectivity index (χ0v) is 8.08. The topological polar surface area (TPSA) is 157 Å². The summed E-state index contributed by atoms with van der Waals surface area (Å²) < 4.78 is 8.49. The smallest absolute Gasteiger partial charge is 0.402 e. The number of aliphatic hydroxyl groups excluding tert-OH is 2. The van der Waals surface area contributed by atoms with Gasteiger partial charge in [-0.05, 0) is 0 Å². The molecular formula is C5H12B2O9. The van der Waals surface area contributed by atoms with Crippen LogP contribution in [0.15, 0.2) is 0 Å². The van der Waals surface area contributed by atoms with Gasteiger partial charge in [0, 0.05) is 0 Å². The zero-order valence-electron chi connectivity index (χ0n) is 8.08. The first-order chi connectivity index (χ1) is 7.42. The molecule has 6 N–H and O–H groups in total. The summed E-state index contributed by atoms with van der Waals surface area (Å²) in [5, 5.41) is 51.7. The van der Waals surface area contributed by atoms with E-state index in [2.05, 4.69) is 9.31 Å². The average Bonchev–Trinajstić information content (AvgIpc) is 2.21. The molecule has 0 radical (unpaired) electrons. The van der Waals surface area contributed by atoms with Crippen molar-refractivity contribution in [3.63, 3.8) is 0 Å². The van der Waals surface area contributed by atoms with Crippen LogP contribution in [-0.4, -0.2) is 76.2 Å². The summed E-state index contributed by atoms with van der Waals surface area (Å²) in [5.41, 5.74) is 0. The van der Waals surface area contributed by atoms with E-state index in [4.69, 9.17) is 25.2 Å².